The van der Waals surface area contributed by atoms with Gasteiger partial charge in [-0.05, 0) is 51.4 Å². The number of unbranched alkanes of at least 4 members (excludes halogenated alkanes) is 40. The van der Waals surface area contributed by atoms with Gasteiger partial charge in [0.15, 0.2) is 0 Å². The summed E-state index contributed by atoms with van der Waals surface area (Å²) < 4.78 is 191. The van der Waals surface area contributed by atoms with Gasteiger partial charge in [-0.25, -0.2) is 50.4 Å². The fourth-order valence-corrected chi connectivity index (χ4v) is 19.4. The number of carbonyl (C=O) groups is 1. The van der Waals surface area contributed by atoms with Crippen LogP contribution in [-0.4, -0.2) is 131 Å². The zero-order valence-electron chi connectivity index (χ0n) is 69.7. The van der Waals surface area contributed by atoms with Gasteiger partial charge in [0, 0.05) is 0 Å². The van der Waals surface area contributed by atoms with E-state index in [1.165, 1.54) is 25.7 Å². The molecule has 0 aliphatic heterocycles. The van der Waals surface area contributed by atoms with Gasteiger partial charge < -0.3 is 49.8 Å². The van der Waals surface area contributed by atoms with Crippen LogP contribution in [0.4, 0.5) is 0 Å². The zero-order chi connectivity index (χ0) is 87.7. The van der Waals surface area contributed by atoms with Crippen molar-refractivity contribution in [2.24, 2.45) is 0 Å². The minimum atomic E-state index is -5.66. The molecule has 0 aliphatic carbocycles. The van der Waals surface area contributed by atoms with E-state index in [2.05, 4.69) is 50.2 Å². The van der Waals surface area contributed by atoms with Crippen molar-refractivity contribution in [2.45, 2.75) is 370 Å². The van der Waals surface area contributed by atoms with Gasteiger partial charge in [-0.15, -0.1) is 0 Å². The summed E-state index contributed by atoms with van der Waals surface area (Å²) in [6.07, 6.45) is 42.4. The van der Waals surface area contributed by atoms with E-state index in [0.717, 1.165) is 226 Å². The molecule has 0 radical (unpaired) electrons. The number of aliphatic carboxylic acids is 1. The number of hydrogen-bond acceptors (Lipinski definition) is 28. The summed E-state index contributed by atoms with van der Waals surface area (Å²) in [5.74, 6) is -6.83. The predicted molar refractivity (Wildman–Crippen MR) is 426 cm³/mol. The van der Waals surface area contributed by atoms with Crippen LogP contribution in [0.15, 0.2) is 0 Å². The summed E-state index contributed by atoms with van der Waals surface area (Å²) in [5.41, 5.74) is 0. The average Bonchev–Trinajstić information content (AvgIpc) is 0.784. The topological polar surface area (TPSA) is 540 Å². The van der Waals surface area contributed by atoms with Crippen molar-refractivity contribution >= 4 is 68.6 Å². The first kappa shape index (κ1) is 126. The summed E-state index contributed by atoms with van der Waals surface area (Å²) in [4.78, 5) is 71.2. The van der Waals surface area contributed by atoms with Gasteiger partial charge in [-0.2, -0.15) is 17.2 Å². The van der Waals surface area contributed by atoms with E-state index >= 15 is 0 Å². The molecular formula is C68H151O36P8Ti2. The van der Waals surface area contributed by atoms with Crippen LogP contribution in [-0.2, 0) is 150 Å². The Bertz CT molecular complexity index is 2350. The van der Waals surface area contributed by atoms with Crippen LogP contribution in [0.1, 0.15) is 364 Å². The molecule has 0 aromatic rings. The zero-order valence-corrected chi connectivity index (χ0v) is 80.0. The number of carboxylic acid groups (broad SMARTS) is 1. The summed E-state index contributed by atoms with van der Waals surface area (Å²) >= 11 is -1.00. The van der Waals surface area contributed by atoms with Gasteiger partial charge in [0.2, 0.25) is 0 Å². The molecule has 0 aromatic carbocycles. The van der Waals surface area contributed by atoms with E-state index in [1.54, 1.807) is 0 Å². The molecule has 0 fully saturated rings. The third-order valence-electron chi connectivity index (χ3n) is 15.7. The van der Waals surface area contributed by atoms with Crippen molar-refractivity contribution in [2.75, 3.05) is 66.1 Å². The van der Waals surface area contributed by atoms with Crippen LogP contribution in [0, 0.1) is 0 Å². The Morgan fingerprint density at radius 1 is 0.281 bits per heavy atom. The summed E-state index contributed by atoms with van der Waals surface area (Å²) in [6, 6.07) is 0. The van der Waals surface area contributed by atoms with Crippen LogP contribution in [0.3, 0.4) is 0 Å². The van der Waals surface area contributed by atoms with Gasteiger partial charge in [-0.3, -0.25) is 36.2 Å². The van der Waals surface area contributed by atoms with Crippen molar-refractivity contribution < 1.29 is 204 Å². The molecule has 114 heavy (non-hydrogen) atoms. The van der Waals surface area contributed by atoms with Crippen LogP contribution < -0.4 is 0 Å². The monoisotopic (exact) mass is 1890 g/mol. The van der Waals surface area contributed by atoms with Crippen LogP contribution in [0.5, 0.6) is 0 Å². The van der Waals surface area contributed by atoms with Crippen LogP contribution in [0.25, 0.3) is 0 Å². The minimum absolute atomic E-state index is 0.0112. The molecule has 8 unspecified atom stereocenters. The standard InChI is InChI=1S/C34H72O17P4.2C16H36O7P2.C2H6O2.H2O.2O.2Ti/c1-5-9-13-17-21-25-29-44-52(38,39)50-54(42,46-31-27-23-19-15-11-7-3)48-34(37,33(35)36)49-55(43,47-32-28-24-20-16-12-8-4)51-53(40,41)45-30-26-22-18-14-10-6-2;2*1-3-5-7-9-11-13-15-21-24(17,18)23-25(19,20)22-16-14-12-10-8-6-4-2;3-1-2-4;;;;;/h37H,5-32H2,1-4H3,(H,35,36)(H,38,39)(H,40,41);2*3-16H2,1-2H3,(H,17,18)(H,19,20);3-4H,1-2H2;1H2;;;;/q;;;;;;;;+1/p-1. The molecule has 0 spiro atoms. The Morgan fingerprint density at radius 2 is 0.412 bits per heavy atom. The molecule has 0 rings (SSSR count). The average molecular weight is 1890 g/mol. The number of carboxylic acids is 1. The molecule has 0 aromatic heterocycles. The molecule has 0 aliphatic rings. The van der Waals surface area contributed by atoms with E-state index in [1.807, 2.05) is 13.8 Å². The second-order valence-corrected chi connectivity index (χ2v) is 39.2. The van der Waals surface area contributed by atoms with Gasteiger partial charge >= 0.3 is 125 Å². The molecule has 687 valence electrons. The third kappa shape index (κ3) is 92.6. The molecule has 46 heteroatoms. The Kier molecular flexibility index (Phi) is 94.3. The van der Waals surface area contributed by atoms with Crippen molar-refractivity contribution in [3.63, 3.8) is 0 Å². The van der Waals surface area contributed by atoms with Crippen molar-refractivity contribution in [1.82, 2.24) is 0 Å². The van der Waals surface area contributed by atoms with Gasteiger partial charge in [0.05, 0.1) is 66.1 Å². The molecule has 0 heterocycles. The van der Waals surface area contributed by atoms with Crippen molar-refractivity contribution in [1.29, 1.82) is 0 Å². The number of rotatable bonds is 78. The van der Waals surface area contributed by atoms with Crippen molar-refractivity contribution in [3.05, 3.63) is 0 Å². The Hall–Kier alpha value is 1.38. The molecular weight excluding hydrogens is 1740 g/mol. The van der Waals surface area contributed by atoms with Gasteiger partial charge in [0.25, 0.3) is 0 Å². The second kappa shape index (κ2) is 85.2. The number of aliphatic hydroxyl groups excluding tert-OH is 2. The number of hydrogen-bond donors (Lipinski definition) is 11. The first-order valence-corrected chi connectivity index (χ1v) is 54.9. The first-order chi connectivity index (χ1) is 54.0. The van der Waals surface area contributed by atoms with E-state index < -0.39 is 107 Å². The molecule has 36 nitrogen and oxygen atoms in total. The SMILES string of the molecule is CCCCCCCCOP(=O)(O)OP(=O)(O)OCCCCCCCC.CCCCCCCCOP(=O)(O)OP(=O)(O)OCCCCCCCC.CCCCCCCCOP(=O)(O)OP(=O)(OCCCCCCCC)OC(O)(OP(=O)(OCCCCCCCC)OP(=O)(O)OCCCCCCCC)C(=O)O.OCCO.[O]=[Ti].[O]=[Ti][OH]. The third-order valence-corrected chi connectivity index (χ3v) is 27.2. The van der Waals surface area contributed by atoms with E-state index in [-0.39, 0.29) is 65.7 Å². The van der Waals surface area contributed by atoms with Crippen LogP contribution in [0.2, 0.25) is 0 Å². The number of phosphoric acid groups is 8. The van der Waals surface area contributed by atoms with Gasteiger partial charge in [0.1, 0.15) is 0 Å². The summed E-state index contributed by atoms with van der Waals surface area (Å²) in [6.45, 7) is 15.0. The quantitative estimate of drug-likeness (QED) is 0.0117. The normalized spacial score (nSPS) is 16.0. The molecule has 11 N–H and O–H groups in total. The fourth-order valence-electron chi connectivity index (χ4n) is 9.68. The number of phosphoric ester groups is 8. The van der Waals surface area contributed by atoms with Crippen molar-refractivity contribution in [3.8, 4) is 0 Å². The molecule has 0 bridgehead atoms. The fraction of sp³-hybridized carbons (Fsp3) is 0.985. The number of aliphatic hydroxyl groups is 3. The van der Waals surface area contributed by atoms with Gasteiger partial charge in [-0.1, -0.05) is 312 Å². The molecule has 0 saturated carbocycles. The summed E-state index contributed by atoms with van der Waals surface area (Å²) in [5, 5.41) is 36.3. The Balaban J connectivity index is -0.000000407. The molecule has 8 atom stereocenters. The van der Waals surface area contributed by atoms with E-state index in [0.29, 0.717) is 64.2 Å². The molecule has 0 saturated heterocycles. The summed E-state index contributed by atoms with van der Waals surface area (Å²) in [7, 11) is -40.3. The maximum atomic E-state index is 13.8. The van der Waals surface area contributed by atoms with E-state index in [9.17, 15) is 80.9 Å². The maximum absolute atomic E-state index is 13.8. The molecule has 0 amide bonds. The van der Waals surface area contributed by atoms with E-state index in [4.69, 9.17) is 74.4 Å². The first-order valence-electron chi connectivity index (χ1n) is 41.0. The second-order valence-electron chi connectivity index (χ2n) is 26.4. The predicted octanol–water partition coefficient (Wildman–Crippen LogP) is 21.8. The Morgan fingerprint density at radius 3 is 0.553 bits per heavy atom. The van der Waals surface area contributed by atoms with Crippen LogP contribution >= 0.6 is 62.6 Å². The Labute approximate surface area is 703 Å².